The predicted molar refractivity (Wildman–Crippen MR) is 129 cm³/mol. The van der Waals surface area contributed by atoms with Gasteiger partial charge in [-0.3, -0.25) is 19.8 Å². The molecule has 0 bridgehead atoms. The number of halogens is 1. The Morgan fingerprint density at radius 2 is 1.62 bits per heavy atom. The van der Waals surface area contributed by atoms with E-state index in [1.165, 1.54) is 4.90 Å². The number of hydrogen-bond donors (Lipinski definition) is 1. The van der Waals surface area contributed by atoms with Crippen molar-refractivity contribution in [3.63, 3.8) is 0 Å². The maximum absolute atomic E-state index is 13.3. The predicted octanol–water partition coefficient (Wildman–Crippen LogP) is 4.59. The number of hydrogen-bond acceptors (Lipinski definition) is 4. The summed E-state index contributed by atoms with van der Waals surface area (Å²) in [4.78, 5) is 27.2. The molecular formula is C24H20ClN3O3S. The van der Waals surface area contributed by atoms with Gasteiger partial charge < -0.3 is 9.30 Å². The molecule has 162 valence electrons. The second kappa shape index (κ2) is 8.61. The first-order valence-corrected chi connectivity index (χ1v) is 10.6. The Labute approximate surface area is 196 Å². The molecule has 4 rings (SSSR count). The smallest absolute Gasteiger partial charge is 0.270 e. The molecule has 1 fully saturated rings. The molecule has 2 heterocycles. The minimum atomic E-state index is -0.527. The first-order valence-electron chi connectivity index (χ1n) is 9.80. The highest BCUT2D eigenvalue weighted by molar-refractivity contribution is 7.80. The van der Waals surface area contributed by atoms with E-state index in [1.54, 1.807) is 37.5 Å². The molecule has 0 aliphatic carbocycles. The topological polar surface area (TPSA) is 63.6 Å². The first-order chi connectivity index (χ1) is 15.3. The molecule has 1 aliphatic rings. The molecule has 0 atom stereocenters. The van der Waals surface area contributed by atoms with E-state index in [1.807, 2.05) is 48.7 Å². The van der Waals surface area contributed by atoms with Crippen molar-refractivity contribution in [3.8, 4) is 11.4 Å². The SMILES string of the molecule is COc1ccc(N2C(=O)/C(=C\c3cc(C)n(-c4ccc(Cl)cc4)c3C)C(=O)NC2=S)cc1. The third-order valence-electron chi connectivity index (χ3n) is 5.29. The highest BCUT2D eigenvalue weighted by Gasteiger charge is 2.34. The van der Waals surface area contributed by atoms with Gasteiger partial charge >= 0.3 is 0 Å². The third-order valence-corrected chi connectivity index (χ3v) is 5.82. The molecule has 2 amide bonds. The lowest BCUT2D eigenvalue weighted by atomic mass is 10.1. The van der Waals surface area contributed by atoms with Crippen LogP contribution in [0.2, 0.25) is 5.02 Å². The van der Waals surface area contributed by atoms with Gasteiger partial charge in [0.05, 0.1) is 12.8 Å². The highest BCUT2D eigenvalue weighted by atomic mass is 35.5. The van der Waals surface area contributed by atoms with Crippen molar-refractivity contribution in [2.75, 3.05) is 12.0 Å². The quantitative estimate of drug-likeness (QED) is 0.348. The number of methoxy groups -OCH3 is 1. The van der Waals surface area contributed by atoms with Crippen LogP contribution in [0.1, 0.15) is 17.0 Å². The molecule has 0 unspecified atom stereocenters. The summed E-state index contributed by atoms with van der Waals surface area (Å²) in [6.07, 6.45) is 1.60. The molecule has 0 radical (unpaired) electrons. The Hall–Kier alpha value is -3.42. The molecule has 32 heavy (non-hydrogen) atoms. The van der Waals surface area contributed by atoms with E-state index in [9.17, 15) is 9.59 Å². The number of anilines is 1. The van der Waals surface area contributed by atoms with Gasteiger partial charge in [0, 0.05) is 22.1 Å². The van der Waals surface area contributed by atoms with Crippen molar-refractivity contribution in [3.05, 3.63) is 82.1 Å². The van der Waals surface area contributed by atoms with Crippen LogP contribution in [-0.2, 0) is 9.59 Å². The van der Waals surface area contributed by atoms with Crippen LogP contribution < -0.4 is 15.0 Å². The number of benzene rings is 2. The van der Waals surface area contributed by atoms with Crippen LogP contribution in [0.4, 0.5) is 5.69 Å². The minimum Gasteiger partial charge on any atom is -0.497 e. The molecule has 6 nitrogen and oxygen atoms in total. The van der Waals surface area contributed by atoms with E-state index in [-0.39, 0.29) is 10.7 Å². The second-order valence-electron chi connectivity index (χ2n) is 7.29. The van der Waals surface area contributed by atoms with Gasteiger partial charge in [-0.2, -0.15) is 0 Å². The van der Waals surface area contributed by atoms with Crippen molar-refractivity contribution in [1.29, 1.82) is 0 Å². The molecule has 8 heteroatoms. The monoisotopic (exact) mass is 465 g/mol. The lowest BCUT2D eigenvalue weighted by Gasteiger charge is -2.29. The van der Waals surface area contributed by atoms with Gasteiger partial charge in [-0.25, -0.2) is 0 Å². The summed E-state index contributed by atoms with van der Waals surface area (Å²) in [5.74, 6) is -0.361. The summed E-state index contributed by atoms with van der Waals surface area (Å²) in [6.45, 7) is 3.90. The Bertz CT molecular complexity index is 1260. The lowest BCUT2D eigenvalue weighted by molar-refractivity contribution is -0.122. The van der Waals surface area contributed by atoms with Crippen LogP contribution >= 0.6 is 23.8 Å². The molecule has 1 N–H and O–H groups in total. The van der Waals surface area contributed by atoms with Gasteiger partial charge in [0.1, 0.15) is 11.3 Å². The Kier molecular flexibility index (Phi) is 5.86. The Morgan fingerprint density at radius 3 is 2.25 bits per heavy atom. The van der Waals surface area contributed by atoms with Crippen molar-refractivity contribution >= 4 is 52.5 Å². The summed E-state index contributed by atoms with van der Waals surface area (Å²) >= 11 is 11.3. The van der Waals surface area contributed by atoms with Crippen molar-refractivity contribution in [1.82, 2.24) is 9.88 Å². The Morgan fingerprint density at radius 1 is 1.00 bits per heavy atom. The van der Waals surface area contributed by atoms with Crippen LogP contribution in [0.25, 0.3) is 11.8 Å². The van der Waals surface area contributed by atoms with Crippen molar-refractivity contribution < 1.29 is 14.3 Å². The Balaban J connectivity index is 1.73. The average Bonchev–Trinajstić information content (AvgIpc) is 3.05. The number of rotatable bonds is 4. The zero-order chi connectivity index (χ0) is 23.0. The minimum absolute atomic E-state index is 0.00535. The number of nitrogens with one attached hydrogen (secondary N) is 1. The first kappa shape index (κ1) is 21.8. The summed E-state index contributed by atoms with van der Waals surface area (Å²) in [5, 5.41) is 3.30. The van der Waals surface area contributed by atoms with Crippen LogP contribution in [0.3, 0.4) is 0 Å². The third kappa shape index (κ3) is 3.92. The maximum Gasteiger partial charge on any atom is 0.270 e. The molecule has 1 aliphatic heterocycles. The van der Waals surface area contributed by atoms with E-state index in [2.05, 4.69) is 5.32 Å². The number of carbonyl (C=O) groups is 2. The standard InChI is InChI=1S/C24H20ClN3O3S/c1-14-12-16(15(2)27(14)18-6-4-17(25)5-7-18)13-21-22(29)26-24(32)28(23(21)30)19-8-10-20(31-3)11-9-19/h4-13H,1-3H3,(H,26,29,32)/b21-13-. The fourth-order valence-corrected chi connectivity index (χ4v) is 4.11. The van der Waals surface area contributed by atoms with Gasteiger partial charge in [-0.15, -0.1) is 0 Å². The van der Waals surface area contributed by atoms with E-state index < -0.39 is 11.8 Å². The normalized spacial score (nSPS) is 15.3. The van der Waals surface area contributed by atoms with Crippen LogP contribution in [-0.4, -0.2) is 28.6 Å². The van der Waals surface area contributed by atoms with E-state index in [4.69, 9.17) is 28.6 Å². The fraction of sp³-hybridized carbons (Fsp3) is 0.125. The van der Waals surface area contributed by atoms with Crippen molar-refractivity contribution in [2.45, 2.75) is 13.8 Å². The van der Waals surface area contributed by atoms with Gasteiger partial charge in [-0.05, 0) is 92.3 Å². The van der Waals surface area contributed by atoms with E-state index in [0.717, 1.165) is 22.6 Å². The number of thiocarbonyl (C=S) groups is 1. The van der Waals surface area contributed by atoms with Crippen LogP contribution in [0, 0.1) is 13.8 Å². The zero-order valence-electron chi connectivity index (χ0n) is 17.7. The molecule has 1 saturated heterocycles. The highest BCUT2D eigenvalue weighted by Crippen LogP contribution is 2.27. The molecule has 0 saturated carbocycles. The molecule has 1 aromatic heterocycles. The van der Waals surface area contributed by atoms with Crippen LogP contribution in [0.5, 0.6) is 5.75 Å². The molecule has 0 spiro atoms. The molecule has 3 aromatic rings. The maximum atomic E-state index is 13.3. The lowest BCUT2D eigenvalue weighted by Crippen LogP contribution is -2.54. The van der Waals surface area contributed by atoms with Gasteiger partial charge in [0.15, 0.2) is 5.11 Å². The van der Waals surface area contributed by atoms with E-state index >= 15 is 0 Å². The second-order valence-corrected chi connectivity index (χ2v) is 8.12. The molecular weight excluding hydrogens is 446 g/mol. The number of aryl methyl sites for hydroxylation is 1. The summed E-state index contributed by atoms with van der Waals surface area (Å²) in [7, 11) is 1.56. The summed E-state index contributed by atoms with van der Waals surface area (Å²) < 4.78 is 7.21. The molecule has 2 aromatic carbocycles. The zero-order valence-corrected chi connectivity index (χ0v) is 19.3. The number of aromatic nitrogens is 1. The average molecular weight is 466 g/mol. The number of amides is 2. The number of ether oxygens (including phenoxy) is 1. The van der Waals surface area contributed by atoms with E-state index in [0.29, 0.717) is 16.5 Å². The summed E-state index contributed by atoms with van der Waals surface area (Å²) in [5.41, 5.74) is 4.10. The largest absolute Gasteiger partial charge is 0.497 e. The van der Waals surface area contributed by atoms with Gasteiger partial charge in [-0.1, -0.05) is 11.6 Å². The van der Waals surface area contributed by atoms with Crippen molar-refractivity contribution in [2.24, 2.45) is 0 Å². The van der Waals surface area contributed by atoms with Crippen LogP contribution in [0.15, 0.2) is 60.2 Å². The fourth-order valence-electron chi connectivity index (χ4n) is 3.70. The van der Waals surface area contributed by atoms with Gasteiger partial charge in [0.2, 0.25) is 0 Å². The number of nitrogens with zero attached hydrogens (tertiary/aromatic N) is 2. The van der Waals surface area contributed by atoms with Gasteiger partial charge in [0.25, 0.3) is 11.8 Å². The summed E-state index contributed by atoms with van der Waals surface area (Å²) in [6, 6.07) is 16.3. The number of carbonyl (C=O) groups excluding carboxylic acids is 2.